The molecule has 1 aliphatic heterocycles. The van der Waals surface area contributed by atoms with E-state index in [-0.39, 0.29) is 18.1 Å². The van der Waals surface area contributed by atoms with Gasteiger partial charge in [0.1, 0.15) is 24.7 Å². The molecule has 1 saturated heterocycles. The van der Waals surface area contributed by atoms with Crippen LogP contribution in [0.2, 0.25) is 0 Å². The molecule has 0 saturated carbocycles. The van der Waals surface area contributed by atoms with Gasteiger partial charge in [0.05, 0.1) is 11.6 Å². The molecule has 0 aromatic heterocycles. The standard InChI is InChI=1S/C27H23BrFN3O5/c1-16-6-5-8-19(10-16)30-24(33)14-32-26(34)22(31-27(32)35)12-17-11-20(28)25(23(13-17)36-2)37-15-18-7-3-4-9-21(18)29/h3-13H,14-15H2,1-2H3,(H,30,33)(H,31,35)/b22-12+. The smallest absolute Gasteiger partial charge is 0.329 e. The summed E-state index contributed by atoms with van der Waals surface area (Å²) in [6.07, 6.45) is 1.46. The van der Waals surface area contributed by atoms with Gasteiger partial charge in [-0.3, -0.25) is 9.59 Å². The average Bonchev–Trinajstić information content (AvgIpc) is 3.11. The van der Waals surface area contributed by atoms with Crippen molar-refractivity contribution >= 4 is 45.5 Å². The van der Waals surface area contributed by atoms with Crippen LogP contribution in [0.25, 0.3) is 6.08 Å². The quantitative estimate of drug-likeness (QED) is 0.294. The summed E-state index contributed by atoms with van der Waals surface area (Å²) in [5.41, 5.74) is 2.44. The first kappa shape index (κ1) is 25.9. The number of carbonyl (C=O) groups is 3. The maximum Gasteiger partial charge on any atom is 0.329 e. The summed E-state index contributed by atoms with van der Waals surface area (Å²) >= 11 is 3.42. The normalized spacial score (nSPS) is 14.1. The maximum atomic E-state index is 13.9. The zero-order valence-electron chi connectivity index (χ0n) is 20.0. The second-order valence-electron chi connectivity index (χ2n) is 8.21. The molecule has 37 heavy (non-hydrogen) atoms. The summed E-state index contributed by atoms with van der Waals surface area (Å²) in [6, 6.07) is 16.0. The Labute approximate surface area is 221 Å². The Morgan fingerprint density at radius 1 is 1.14 bits per heavy atom. The summed E-state index contributed by atoms with van der Waals surface area (Å²) < 4.78 is 25.7. The van der Waals surface area contributed by atoms with E-state index in [0.717, 1.165) is 10.5 Å². The molecule has 4 amide bonds. The molecule has 1 heterocycles. The van der Waals surface area contributed by atoms with Crippen LogP contribution in [-0.4, -0.2) is 36.4 Å². The van der Waals surface area contributed by atoms with Gasteiger partial charge in [-0.2, -0.15) is 0 Å². The molecule has 0 radical (unpaired) electrons. The SMILES string of the molecule is COc1cc(/C=C2/NC(=O)N(CC(=O)Nc3cccc(C)c3)C2=O)cc(Br)c1OCc1ccccc1F. The number of hydrogen-bond acceptors (Lipinski definition) is 5. The molecule has 1 aliphatic rings. The van der Waals surface area contributed by atoms with Crippen LogP contribution in [0.15, 0.2) is 70.8 Å². The van der Waals surface area contributed by atoms with E-state index in [9.17, 15) is 18.8 Å². The summed E-state index contributed by atoms with van der Waals surface area (Å²) in [7, 11) is 1.45. The second-order valence-corrected chi connectivity index (χ2v) is 9.07. The van der Waals surface area contributed by atoms with E-state index in [1.54, 1.807) is 48.5 Å². The van der Waals surface area contributed by atoms with Gasteiger partial charge in [-0.15, -0.1) is 0 Å². The molecule has 0 bridgehead atoms. The highest BCUT2D eigenvalue weighted by atomic mass is 79.9. The molecular weight excluding hydrogens is 545 g/mol. The Kier molecular flexibility index (Phi) is 7.88. The van der Waals surface area contributed by atoms with E-state index >= 15 is 0 Å². The van der Waals surface area contributed by atoms with Crippen LogP contribution in [0.1, 0.15) is 16.7 Å². The number of aryl methyl sites for hydroxylation is 1. The number of amides is 4. The van der Waals surface area contributed by atoms with Crippen molar-refractivity contribution in [3.63, 3.8) is 0 Å². The Morgan fingerprint density at radius 2 is 1.92 bits per heavy atom. The zero-order valence-corrected chi connectivity index (χ0v) is 21.6. The topological polar surface area (TPSA) is 97.0 Å². The first-order valence-electron chi connectivity index (χ1n) is 11.2. The van der Waals surface area contributed by atoms with Crippen molar-refractivity contribution in [1.29, 1.82) is 0 Å². The number of hydrogen-bond donors (Lipinski definition) is 2. The summed E-state index contributed by atoms with van der Waals surface area (Å²) in [5, 5.41) is 5.17. The largest absolute Gasteiger partial charge is 0.493 e. The monoisotopic (exact) mass is 567 g/mol. The third-order valence-electron chi connectivity index (χ3n) is 5.46. The molecule has 10 heteroatoms. The summed E-state index contributed by atoms with van der Waals surface area (Å²) in [6.45, 7) is 1.43. The van der Waals surface area contributed by atoms with Gasteiger partial charge < -0.3 is 20.1 Å². The highest BCUT2D eigenvalue weighted by Gasteiger charge is 2.35. The van der Waals surface area contributed by atoms with Crippen molar-refractivity contribution in [1.82, 2.24) is 10.2 Å². The molecule has 0 spiro atoms. The predicted molar refractivity (Wildman–Crippen MR) is 139 cm³/mol. The predicted octanol–water partition coefficient (Wildman–Crippen LogP) is 5.02. The van der Waals surface area contributed by atoms with Gasteiger partial charge in [-0.25, -0.2) is 14.1 Å². The average molecular weight is 568 g/mol. The van der Waals surface area contributed by atoms with Crippen LogP contribution in [0.3, 0.4) is 0 Å². The number of rotatable bonds is 8. The Balaban J connectivity index is 1.48. The molecule has 0 unspecified atom stereocenters. The number of nitrogens with one attached hydrogen (secondary N) is 2. The summed E-state index contributed by atoms with van der Waals surface area (Å²) in [5.74, 6) is -0.838. The fraction of sp³-hybridized carbons (Fsp3) is 0.148. The molecule has 0 atom stereocenters. The van der Waals surface area contributed by atoms with Gasteiger partial charge in [0.25, 0.3) is 5.91 Å². The Hall–Kier alpha value is -4.18. The number of halogens is 2. The molecule has 2 N–H and O–H groups in total. The van der Waals surface area contributed by atoms with Crippen LogP contribution < -0.4 is 20.1 Å². The first-order valence-corrected chi connectivity index (χ1v) is 12.0. The van der Waals surface area contributed by atoms with Gasteiger partial charge in [-0.05, 0) is 70.4 Å². The van der Waals surface area contributed by atoms with Crippen molar-refractivity contribution in [2.45, 2.75) is 13.5 Å². The van der Waals surface area contributed by atoms with Crippen LogP contribution in [-0.2, 0) is 16.2 Å². The minimum Gasteiger partial charge on any atom is -0.493 e. The lowest BCUT2D eigenvalue weighted by Crippen LogP contribution is -2.38. The molecule has 190 valence electrons. The molecule has 1 fully saturated rings. The molecule has 0 aliphatic carbocycles. The van der Waals surface area contributed by atoms with Crippen LogP contribution in [0, 0.1) is 12.7 Å². The maximum absolute atomic E-state index is 13.9. The zero-order chi connectivity index (χ0) is 26.5. The third-order valence-corrected chi connectivity index (χ3v) is 6.05. The van der Waals surface area contributed by atoms with Crippen molar-refractivity contribution in [2.75, 3.05) is 19.0 Å². The van der Waals surface area contributed by atoms with Crippen molar-refractivity contribution in [3.05, 3.63) is 93.3 Å². The molecule has 3 aromatic carbocycles. The van der Waals surface area contributed by atoms with Gasteiger partial charge in [0.15, 0.2) is 11.5 Å². The lowest BCUT2D eigenvalue weighted by Gasteiger charge is -2.14. The lowest BCUT2D eigenvalue weighted by molar-refractivity contribution is -0.127. The van der Waals surface area contributed by atoms with Gasteiger partial charge in [0, 0.05) is 11.3 Å². The van der Waals surface area contributed by atoms with Gasteiger partial charge in [0.2, 0.25) is 5.91 Å². The molecule has 3 aromatic rings. The summed E-state index contributed by atoms with van der Waals surface area (Å²) in [4.78, 5) is 38.5. The van der Waals surface area contributed by atoms with Crippen molar-refractivity contribution in [2.24, 2.45) is 0 Å². The van der Waals surface area contributed by atoms with Gasteiger partial charge >= 0.3 is 6.03 Å². The van der Waals surface area contributed by atoms with Crippen LogP contribution in [0.5, 0.6) is 11.5 Å². The number of carbonyl (C=O) groups excluding carboxylic acids is 3. The number of imide groups is 1. The first-order chi connectivity index (χ1) is 17.7. The van der Waals surface area contributed by atoms with Crippen molar-refractivity contribution < 1.29 is 28.2 Å². The van der Waals surface area contributed by atoms with E-state index < -0.39 is 24.4 Å². The molecular formula is C27H23BrFN3O5. The third kappa shape index (κ3) is 6.15. The Bertz CT molecular complexity index is 1410. The minimum absolute atomic E-state index is 0.00216. The van der Waals surface area contributed by atoms with E-state index in [1.165, 1.54) is 19.3 Å². The fourth-order valence-electron chi connectivity index (χ4n) is 3.68. The van der Waals surface area contributed by atoms with E-state index in [2.05, 4.69) is 26.6 Å². The second kappa shape index (κ2) is 11.3. The van der Waals surface area contributed by atoms with Gasteiger partial charge in [-0.1, -0.05) is 30.3 Å². The van der Waals surface area contributed by atoms with Crippen LogP contribution >= 0.6 is 15.9 Å². The number of urea groups is 1. The van der Waals surface area contributed by atoms with E-state index in [1.807, 2.05) is 13.0 Å². The van der Waals surface area contributed by atoms with E-state index in [4.69, 9.17) is 9.47 Å². The fourth-order valence-corrected chi connectivity index (χ4v) is 4.25. The Morgan fingerprint density at radius 3 is 2.65 bits per heavy atom. The number of methoxy groups -OCH3 is 1. The van der Waals surface area contributed by atoms with Crippen molar-refractivity contribution in [3.8, 4) is 11.5 Å². The van der Waals surface area contributed by atoms with Crippen LogP contribution in [0.4, 0.5) is 14.9 Å². The molecule has 4 rings (SSSR count). The number of nitrogens with zero attached hydrogens (tertiary/aromatic N) is 1. The number of ether oxygens (including phenoxy) is 2. The minimum atomic E-state index is -0.702. The number of anilines is 1. The highest BCUT2D eigenvalue weighted by molar-refractivity contribution is 9.10. The highest BCUT2D eigenvalue weighted by Crippen LogP contribution is 2.38. The number of benzene rings is 3. The lowest BCUT2D eigenvalue weighted by atomic mass is 10.1. The van der Waals surface area contributed by atoms with E-state index in [0.29, 0.717) is 32.8 Å². The molecule has 8 nitrogen and oxygen atoms in total.